The number of hydrogen-bond acceptors (Lipinski definition) is 8. The van der Waals surface area contributed by atoms with E-state index in [-0.39, 0.29) is 36.8 Å². The molecule has 1 aromatic heterocycles. The van der Waals surface area contributed by atoms with Crippen LogP contribution in [-0.4, -0.2) is 110 Å². The number of alkyl halides is 3. The van der Waals surface area contributed by atoms with Crippen LogP contribution in [0.3, 0.4) is 0 Å². The smallest absolute Gasteiger partial charge is 0.389 e. The minimum absolute atomic E-state index is 0.0856. The van der Waals surface area contributed by atoms with Gasteiger partial charge in [-0.05, 0) is 101 Å². The van der Waals surface area contributed by atoms with Gasteiger partial charge in [-0.25, -0.2) is 4.98 Å². The highest BCUT2D eigenvalue weighted by molar-refractivity contribution is 6.31. The number of nitrogens with one attached hydrogen (secondary N) is 2. The largest absolute Gasteiger partial charge is 0.457 e. The molecule has 63 heavy (non-hydrogen) atoms. The van der Waals surface area contributed by atoms with Crippen LogP contribution in [0.1, 0.15) is 56.5 Å². The van der Waals surface area contributed by atoms with Crippen LogP contribution in [-0.2, 0) is 45.7 Å². The number of nitrogens with zero attached hydrogens (tertiary/aromatic N) is 5. The Kier molecular flexibility index (Phi) is 14.8. The van der Waals surface area contributed by atoms with Crippen molar-refractivity contribution in [1.29, 1.82) is 0 Å². The summed E-state index contributed by atoms with van der Waals surface area (Å²) >= 11 is 12.5. The number of rotatable bonds is 11. The third kappa shape index (κ3) is 11.9. The van der Waals surface area contributed by atoms with Gasteiger partial charge in [0.2, 0.25) is 23.6 Å². The Morgan fingerprint density at radius 1 is 1.00 bits per heavy atom. The summed E-state index contributed by atoms with van der Waals surface area (Å²) in [4.78, 5) is 65.9. The molecule has 3 heterocycles. The molecule has 5 atom stereocenters. The normalized spacial score (nSPS) is 22.1. The van der Waals surface area contributed by atoms with E-state index in [1.54, 1.807) is 48.7 Å². The minimum atomic E-state index is -4.83. The molecule has 4 aromatic rings. The summed E-state index contributed by atoms with van der Waals surface area (Å²) in [6, 6.07) is 15.7. The fourth-order valence-corrected chi connectivity index (χ4v) is 8.51. The zero-order valence-electron chi connectivity index (χ0n) is 35.7. The van der Waals surface area contributed by atoms with Crippen LogP contribution in [0.4, 0.5) is 13.2 Å². The first-order chi connectivity index (χ1) is 29.7. The van der Waals surface area contributed by atoms with Crippen molar-refractivity contribution >= 4 is 46.8 Å². The lowest BCUT2D eigenvalue weighted by molar-refractivity contribution is -0.164. The number of aliphatic hydroxyl groups is 1. The van der Waals surface area contributed by atoms with Crippen LogP contribution >= 0.6 is 23.2 Å². The fourth-order valence-electron chi connectivity index (χ4n) is 8.22. The Balaban J connectivity index is 1.33. The van der Waals surface area contributed by atoms with Crippen molar-refractivity contribution in [3.63, 3.8) is 0 Å². The van der Waals surface area contributed by atoms with E-state index in [0.717, 1.165) is 27.5 Å². The monoisotopic (exact) mass is 913 g/mol. The number of carbonyl (C=O) groups excluding carboxylic acids is 4. The molecule has 2 aliphatic heterocycles. The third-order valence-corrected chi connectivity index (χ3v) is 12.0. The van der Waals surface area contributed by atoms with Crippen molar-refractivity contribution in [2.45, 2.75) is 88.9 Å². The van der Waals surface area contributed by atoms with Gasteiger partial charge in [0, 0.05) is 47.7 Å². The van der Waals surface area contributed by atoms with Gasteiger partial charge in [-0.3, -0.25) is 19.2 Å². The zero-order valence-corrected chi connectivity index (χ0v) is 37.2. The topological polar surface area (TPSA) is 149 Å². The lowest BCUT2D eigenvalue weighted by atomic mass is 9.81. The summed E-state index contributed by atoms with van der Waals surface area (Å²) in [5.41, 5.74) is 1.60. The number of aromatic nitrogens is 2. The molecule has 2 aliphatic rings. The first-order valence-electron chi connectivity index (χ1n) is 20.6. The van der Waals surface area contributed by atoms with Gasteiger partial charge in [-0.2, -0.15) is 13.2 Å². The molecule has 0 aliphatic carbocycles. The van der Waals surface area contributed by atoms with Crippen LogP contribution in [0.25, 0.3) is 11.3 Å². The summed E-state index contributed by atoms with van der Waals surface area (Å²) in [5.74, 6) is -3.85. The standard InChI is InChI=1S/C45H52Cl2F3N7O6/c1-27-41(60)52-40(28(2)58)42(61)53-44(21-29-7-12-33(46)13-8-29)17-6-18-56(26-44)43(62)32(22-45(48,49)50)19-39(59)57(27)24-31-9-14-34(47)20-37(31)63-35-15-10-30(11-16-35)36-23-51-38(55(36)5)25-54(3)4/h7-16,20,23,27-28,32,40,58H,6,17-19,21-22,24-26H2,1-5H3,(H,52,60)(H,53,61)/t27?,28-,32?,40?,44?/m0/s1. The van der Waals surface area contributed by atoms with Gasteiger partial charge in [-0.1, -0.05) is 41.4 Å². The maximum atomic E-state index is 14.5. The number of aliphatic hydroxyl groups excluding tert-OH is 1. The first kappa shape index (κ1) is 47.3. The summed E-state index contributed by atoms with van der Waals surface area (Å²) in [6.07, 6.45) is -6.13. The molecule has 2 saturated heterocycles. The number of piperidine rings is 1. The maximum Gasteiger partial charge on any atom is 0.389 e. The van der Waals surface area contributed by atoms with E-state index in [9.17, 15) is 37.5 Å². The molecule has 338 valence electrons. The summed E-state index contributed by atoms with van der Waals surface area (Å²) < 4.78 is 51.2. The van der Waals surface area contributed by atoms with Gasteiger partial charge in [0.25, 0.3) is 0 Å². The molecule has 3 N–H and O–H groups in total. The van der Waals surface area contributed by atoms with Crippen LogP contribution in [0.15, 0.2) is 72.9 Å². The average Bonchev–Trinajstić information content (AvgIpc) is 3.57. The number of carbonyl (C=O) groups is 4. The molecule has 0 saturated carbocycles. The van der Waals surface area contributed by atoms with E-state index < -0.39 is 72.3 Å². The quantitative estimate of drug-likeness (QED) is 0.154. The second kappa shape index (κ2) is 19.7. The molecular weight excluding hydrogens is 862 g/mol. The molecule has 13 nitrogen and oxygen atoms in total. The molecule has 3 aromatic carbocycles. The highest BCUT2D eigenvalue weighted by Crippen LogP contribution is 2.35. The molecule has 2 fully saturated rings. The number of imidazole rings is 1. The van der Waals surface area contributed by atoms with Crippen LogP contribution < -0.4 is 15.4 Å². The highest BCUT2D eigenvalue weighted by Gasteiger charge is 2.46. The average molecular weight is 915 g/mol. The highest BCUT2D eigenvalue weighted by atomic mass is 35.5. The van der Waals surface area contributed by atoms with Crippen molar-refractivity contribution in [2.75, 3.05) is 27.2 Å². The van der Waals surface area contributed by atoms with E-state index in [0.29, 0.717) is 35.7 Å². The minimum Gasteiger partial charge on any atom is -0.457 e. The molecular formula is C45H52Cl2F3N7O6. The molecule has 4 unspecified atom stereocenters. The summed E-state index contributed by atoms with van der Waals surface area (Å²) in [7, 11) is 5.84. The van der Waals surface area contributed by atoms with E-state index >= 15 is 0 Å². The predicted octanol–water partition coefficient (Wildman–Crippen LogP) is 6.52. The van der Waals surface area contributed by atoms with Crippen molar-refractivity contribution in [3.8, 4) is 22.8 Å². The molecule has 2 bridgehead atoms. The van der Waals surface area contributed by atoms with Crippen LogP contribution in [0.2, 0.25) is 10.0 Å². The van der Waals surface area contributed by atoms with E-state index in [2.05, 4.69) is 15.6 Å². The number of benzene rings is 3. The van der Waals surface area contributed by atoms with Crippen molar-refractivity contribution in [3.05, 3.63) is 99.9 Å². The second-order valence-electron chi connectivity index (χ2n) is 16.8. The Hall–Kier alpha value is -5.16. The van der Waals surface area contributed by atoms with E-state index in [1.165, 1.54) is 30.9 Å². The van der Waals surface area contributed by atoms with Gasteiger partial charge in [0.05, 0.1) is 49.0 Å². The van der Waals surface area contributed by atoms with Crippen molar-refractivity contribution in [2.24, 2.45) is 13.0 Å². The maximum absolute atomic E-state index is 14.5. The number of halogens is 5. The molecule has 18 heteroatoms. The van der Waals surface area contributed by atoms with Gasteiger partial charge in [0.15, 0.2) is 0 Å². The second-order valence-corrected chi connectivity index (χ2v) is 17.7. The Morgan fingerprint density at radius 2 is 1.68 bits per heavy atom. The molecule has 0 radical (unpaired) electrons. The summed E-state index contributed by atoms with van der Waals surface area (Å²) in [6.45, 7) is 2.87. The lowest BCUT2D eigenvalue weighted by Gasteiger charge is -2.45. The lowest BCUT2D eigenvalue weighted by Crippen LogP contribution is -2.66. The number of amides is 4. The van der Waals surface area contributed by atoms with Crippen molar-refractivity contribution in [1.82, 2.24) is 34.9 Å². The fraction of sp³-hybridized carbons (Fsp3) is 0.444. The van der Waals surface area contributed by atoms with E-state index in [1.807, 2.05) is 42.7 Å². The van der Waals surface area contributed by atoms with Gasteiger partial charge in [0.1, 0.15) is 29.4 Å². The van der Waals surface area contributed by atoms with Crippen molar-refractivity contribution < 1.29 is 42.2 Å². The van der Waals surface area contributed by atoms with Gasteiger partial charge >= 0.3 is 6.18 Å². The predicted molar refractivity (Wildman–Crippen MR) is 232 cm³/mol. The Bertz CT molecular complexity index is 2290. The third-order valence-electron chi connectivity index (χ3n) is 11.5. The molecule has 0 spiro atoms. The number of fused-ring (bicyclic) bond motifs is 2. The zero-order chi connectivity index (χ0) is 45.8. The van der Waals surface area contributed by atoms with Gasteiger partial charge in [-0.15, -0.1) is 0 Å². The SMILES string of the molecule is CC1C(=O)NC([C@H](C)O)C(=O)NC2(Cc3ccc(Cl)cc3)CCCN(C2)C(=O)C(CC(F)(F)F)CC(=O)N1Cc1ccc(Cl)cc1Oc1ccc(-c2cnc(CN(C)C)n2C)cc1. The Labute approximate surface area is 374 Å². The summed E-state index contributed by atoms with van der Waals surface area (Å²) in [5, 5.41) is 17.2. The number of ether oxygens (including phenoxy) is 1. The Morgan fingerprint density at radius 3 is 2.33 bits per heavy atom. The molecule has 4 amide bonds. The molecule has 6 rings (SSSR count). The first-order valence-corrected chi connectivity index (χ1v) is 21.4. The van der Waals surface area contributed by atoms with E-state index in [4.69, 9.17) is 27.9 Å². The van der Waals surface area contributed by atoms with Gasteiger partial charge < -0.3 is 39.7 Å². The number of hydrogen-bond donors (Lipinski definition) is 3. The van der Waals surface area contributed by atoms with Crippen LogP contribution in [0, 0.1) is 5.92 Å². The van der Waals surface area contributed by atoms with Crippen LogP contribution in [0.5, 0.6) is 11.5 Å².